The third-order valence-electron chi connectivity index (χ3n) is 3.30. The zero-order chi connectivity index (χ0) is 19.3. The average molecular weight is 365 g/mol. The number of hydrogen-bond acceptors (Lipinski definition) is 7. The molecule has 1 aromatic heterocycles. The van der Waals surface area contributed by atoms with Crippen molar-refractivity contribution in [3.8, 4) is 0 Å². The minimum Gasteiger partial charge on any atom is -0.368 e. The summed E-state index contributed by atoms with van der Waals surface area (Å²) in [7, 11) is 0. The lowest BCUT2D eigenvalue weighted by Gasteiger charge is -2.15. The van der Waals surface area contributed by atoms with E-state index in [4.69, 9.17) is 11.5 Å². The number of carbonyl (C=O) groups is 2. The first-order valence-corrected chi connectivity index (χ1v) is 7.48. The first kappa shape index (κ1) is 19.0. The zero-order valence-electron chi connectivity index (χ0n) is 13.7. The number of carbonyl (C=O) groups excluding carboxylic acids is 2. The Morgan fingerprint density at radius 3 is 2.35 bits per heavy atom. The van der Waals surface area contributed by atoms with E-state index in [9.17, 15) is 18.4 Å². The standard InChI is InChI=1S/C15H17F2N7O2/c1-7-2-4-8(5-3-7)20-14-11(13(19)26)23-24-15(22-14)21-9(12(18)25)6-10(16)17/h2-5,9-10H,6H2,1H3,(H2,18,25)(H2,19,26)(H2,20,21,22,24)/t9-/m1/s1. The van der Waals surface area contributed by atoms with Crippen LogP contribution in [0.4, 0.5) is 26.2 Å². The maximum atomic E-state index is 12.5. The van der Waals surface area contributed by atoms with Crippen molar-refractivity contribution in [2.24, 2.45) is 11.5 Å². The van der Waals surface area contributed by atoms with Crippen LogP contribution in [0.2, 0.25) is 0 Å². The summed E-state index contributed by atoms with van der Waals surface area (Å²) in [5, 5.41) is 12.4. The van der Waals surface area contributed by atoms with Gasteiger partial charge in [-0.1, -0.05) is 17.7 Å². The second kappa shape index (κ2) is 8.14. The van der Waals surface area contributed by atoms with Gasteiger partial charge in [0, 0.05) is 12.1 Å². The molecule has 0 saturated carbocycles. The Morgan fingerprint density at radius 2 is 1.81 bits per heavy atom. The second-order valence-electron chi connectivity index (χ2n) is 5.41. The molecule has 2 amide bonds. The van der Waals surface area contributed by atoms with Gasteiger partial charge in [-0.25, -0.2) is 8.78 Å². The molecule has 0 spiro atoms. The highest BCUT2D eigenvalue weighted by molar-refractivity contribution is 5.96. The molecule has 11 heteroatoms. The molecule has 0 aliphatic rings. The maximum absolute atomic E-state index is 12.5. The van der Waals surface area contributed by atoms with E-state index in [-0.39, 0.29) is 17.5 Å². The van der Waals surface area contributed by atoms with Crippen LogP contribution in [-0.4, -0.2) is 39.5 Å². The van der Waals surface area contributed by atoms with E-state index in [1.165, 1.54) is 0 Å². The van der Waals surface area contributed by atoms with Gasteiger partial charge >= 0.3 is 0 Å². The van der Waals surface area contributed by atoms with Crippen molar-refractivity contribution in [1.29, 1.82) is 0 Å². The van der Waals surface area contributed by atoms with Crippen LogP contribution in [0.3, 0.4) is 0 Å². The summed E-state index contributed by atoms with van der Waals surface area (Å²) in [6.45, 7) is 1.90. The number of alkyl halides is 2. The van der Waals surface area contributed by atoms with Gasteiger partial charge in [-0.15, -0.1) is 10.2 Å². The monoisotopic (exact) mass is 365 g/mol. The number of amides is 2. The van der Waals surface area contributed by atoms with Crippen molar-refractivity contribution in [2.75, 3.05) is 10.6 Å². The summed E-state index contributed by atoms with van der Waals surface area (Å²) in [6, 6.07) is 5.72. The number of nitrogens with zero attached hydrogens (tertiary/aromatic N) is 3. The molecule has 2 aromatic rings. The number of primary amides is 2. The molecule has 1 atom stereocenters. The maximum Gasteiger partial charge on any atom is 0.273 e. The first-order chi connectivity index (χ1) is 12.3. The van der Waals surface area contributed by atoms with Gasteiger partial charge in [-0.05, 0) is 19.1 Å². The summed E-state index contributed by atoms with van der Waals surface area (Å²) in [6.07, 6.45) is -3.58. The van der Waals surface area contributed by atoms with Crippen LogP contribution in [0.25, 0.3) is 0 Å². The average Bonchev–Trinajstić information content (AvgIpc) is 2.56. The van der Waals surface area contributed by atoms with Crippen molar-refractivity contribution < 1.29 is 18.4 Å². The number of benzene rings is 1. The summed E-state index contributed by atoms with van der Waals surface area (Å²) < 4.78 is 25.1. The molecule has 2 rings (SSSR count). The normalized spacial score (nSPS) is 11.8. The van der Waals surface area contributed by atoms with Gasteiger partial charge in [-0.3, -0.25) is 9.59 Å². The minimum atomic E-state index is -2.76. The Labute approximate surface area is 147 Å². The second-order valence-corrected chi connectivity index (χ2v) is 5.41. The molecule has 0 aliphatic carbocycles. The van der Waals surface area contributed by atoms with E-state index in [2.05, 4.69) is 25.8 Å². The molecule has 0 bridgehead atoms. The van der Waals surface area contributed by atoms with Gasteiger partial charge < -0.3 is 22.1 Å². The third kappa shape index (κ3) is 5.06. The van der Waals surface area contributed by atoms with Crippen molar-refractivity contribution in [3.05, 3.63) is 35.5 Å². The lowest BCUT2D eigenvalue weighted by molar-refractivity contribution is -0.119. The molecule has 138 valence electrons. The van der Waals surface area contributed by atoms with Gasteiger partial charge in [0.05, 0.1) is 0 Å². The summed E-state index contributed by atoms with van der Waals surface area (Å²) in [5.74, 6) is -2.18. The van der Waals surface area contributed by atoms with Gasteiger partial charge in [-0.2, -0.15) is 4.98 Å². The van der Waals surface area contributed by atoms with Gasteiger partial charge in [0.15, 0.2) is 11.5 Å². The van der Waals surface area contributed by atoms with E-state index in [0.717, 1.165) is 5.56 Å². The van der Waals surface area contributed by atoms with Crippen LogP contribution < -0.4 is 22.1 Å². The van der Waals surface area contributed by atoms with Crippen LogP contribution in [0, 0.1) is 6.92 Å². The molecule has 0 radical (unpaired) electrons. The van der Waals surface area contributed by atoms with Crippen LogP contribution in [0.15, 0.2) is 24.3 Å². The lowest BCUT2D eigenvalue weighted by atomic mass is 10.2. The van der Waals surface area contributed by atoms with Crippen LogP contribution in [-0.2, 0) is 4.79 Å². The predicted octanol–water partition coefficient (Wildman–Crippen LogP) is 0.944. The number of anilines is 3. The van der Waals surface area contributed by atoms with E-state index in [1.54, 1.807) is 12.1 Å². The van der Waals surface area contributed by atoms with Crippen molar-refractivity contribution in [1.82, 2.24) is 15.2 Å². The SMILES string of the molecule is Cc1ccc(Nc2nc(N[C@H](CC(F)F)C(N)=O)nnc2C(N)=O)cc1. The molecule has 0 saturated heterocycles. The number of nitrogens with two attached hydrogens (primary N) is 2. The van der Waals surface area contributed by atoms with E-state index >= 15 is 0 Å². The van der Waals surface area contributed by atoms with Gasteiger partial charge in [0.25, 0.3) is 5.91 Å². The Hall–Kier alpha value is -3.37. The van der Waals surface area contributed by atoms with Gasteiger partial charge in [0.1, 0.15) is 6.04 Å². The molecular weight excluding hydrogens is 348 g/mol. The topological polar surface area (TPSA) is 149 Å². The molecule has 0 aliphatic heterocycles. The highest BCUT2D eigenvalue weighted by Gasteiger charge is 2.23. The van der Waals surface area contributed by atoms with Crippen LogP contribution >= 0.6 is 0 Å². The summed E-state index contributed by atoms with van der Waals surface area (Å²) >= 11 is 0. The van der Waals surface area contributed by atoms with Crippen molar-refractivity contribution in [2.45, 2.75) is 25.8 Å². The quantitative estimate of drug-likeness (QED) is 0.544. The van der Waals surface area contributed by atoms with E-state index in [1.807, 2.05) is 19.1 Å². The number of nitrogens with one attached hydrogen (secondary N) is 2. The summed E-state index contributed by atoms with van der Waals surface area (Å²) in [4.78, 5) is 26.8. The fraction of sp³-hybridized carbons (Fsp3) is 0.267. The highest BCUT2D eigenvalue weighted by Crippen LogP contribution is 2.19. The number of rotatable bonds is 8. The largest absolute Gasteiger partial charge is 0.368 e. The van der Waals surface area contributed by atoms with E-state index < -0.39 is 30.7 Å². The zero-order valence-corrected chi connectivity index (χ0v) is 13.7. The molecule has 9 nitrogen and oxygen atoms in total. The van der Waals surface area contributed by atoms with Gasteiger partial charge in [0.2, 0.25) is 18.3 Å². The molecule has 26 heavy (non-hydrogen) atoms. The van der Waals surface area contributed by atoms with Crippen LogP contribution in [0.5, 0.6) is 0 Å². The molecule has 0 unspecified atom stereocenters. The Balaban J connectivity index is 2.30. The number of aromatic nitrogens is 3. The molecule has 0 fully saturated rings. The Bertz CT molecular complexity index is 799. The smallest absolute Gasteiger partial charge is 0.273 e. The Morgan fingerprint density at radius 1 is 1.15 bits per heavy atom. The number of halogens is 2. The number of hydrogen-bond donors (Lipinski definition) is 4. The predicted molar refractivity (Wildman–Crippen MR) is 90.0 cm³/mol. The fourth-order valence-electron chi connectivity index (χ4n) is 1.99. The first-order valence-electron chi connectivity index (χ1n) is 7.48. The van der Waals surface area contributed by atoms with Crippen molar-refractivity contribution in [3.63, 3.8) is 0 Å². The van der Waals surface area contributed by atoms with Crippen LogP contribution in [0.1, 0.15) is 22.5 Å². The lowest BCUT2D eigenvalue weighted by Crippen LogP contribution is -2.37. The van der Waals surface area contributed by atoms with Crippen molar-refractivity contribution >= 4 is 29.3 Å². The number of aryl methyl sites for hydroxylation is 1. The molecule has 6 N–H and O–H groups in total. The summed E-state index contributed by atoms with van der Waals surface area (Å²) in [5.41, 5.74) is 11.7. The molecule has 1 heterocycles. The highest BCUT2D eigenvalue weighted by atomic mass is 19.3. The Kier molecular flexibility index (Phi) is 5.94. The molecule has 1 aromatic carbocycles. The fourth-order valence-corrected chi connectivity index (χ4v) is 1.99. The minimum absolute atomic E-state index is 0.0425. The molecular formula is C15H17F2N7O2. The van der Waals surface area contributed by atoms with E-state index in [0.29, 0.717) is 5.69 Å². The third-order valence-corrected chi connectivity index (χ3v) is 3.30.